The van der Waals surface area contributed by atoms with Crippen LogP contribution in [0.3, 0.4) is 0 Å². The van der Waals surface area contributed by atoms with Gasteiger partial charge in [-0.3, -0.25) is 0 Å². The van der Waals surface area contributed by atoms with Gasteiger partial charge in [0.2, 0.25) is 0 Å². The van der Waals surface area contributed by atoms with E-state index >= 15 is 0 Å². The van der Waals surface area contributed by atoms with Crippen LogP contribution in [-0.4, -0.2) is 18.8 Å². The van der Waals surface area contributed by atoms with Crippen molar-refractivity contribution in [3.05, 3.63) is 34.3 Å². The van der Waals surface area contributed by atoms with Crippen LogP contribution in [0, 0.1) is 17.2 Å². The molecule has 2 aliphatic rings. The highest BCUT2D eigenvalue weighted by Crippen LogP contribution is 2.38. The van der Waals surface area contributed by atoms with E-state index in [1.807, 2.05) is 12.1 Å². The molecule has 0 bridgehead atoms. The molecular weight excluding hydrogens is 260 g/mol. The SMILES string of the molecule is N#Cc1ccc(CNC2CCOC2C2CC2)c(Cl)c1. The zero-order chi connectivity index (χ0) is 13.2. The second kappa shape index (κ2) is 5.50. The second-order valence-corrected chi connectivity index (χ2v) is 5.77. The smallest absolute Gasteiger partial charge is 0.0992 e. The molecule has 0 spiro atoms. The first-order valence-electron chi connectivity index (χ1n) is 6.81. The minimum atomic E-state index is 0.386. The van der Waals surface area contributed by atoms with Gasteiger partial charge in [-0.2, -0.15) is 5.26 Å². The maximum atomic E-state index is 8.82. The van der Waals surface area contributed by atoms with Crippen LogP contribution in [0.5, 0.6) is 0 Å². The molecule has 1 aromatic rings. The van der Waals surface area contributed by atoms with Gasteiger partial charge in [0.1, 0.15) is 0 Å². The predicted molar refractivity (Wildman–Crippen MR) is 73.9 cm³/mol. The average molecular weight is 277 g/mol. The lowest BCUT2D eigenvalue weighted by Crippen LogP contribution is -2.37. The molecule has 1 saturated carbocycles. The molecule has 3 nitrogen and oxygen atoms in total. The van der Waals surface area contributed by atoms with Gasteiger partial charge in [-0.25, -0.2) is 0 Å². The Bertz CT molecular complexity index is 507. The number of nitriles is 1. The molecule has 1 saturated heterocycles. The van der Waals surface area contributed by atoms with Crippen LogP contribution < -0.4 is 5.32 Å². The Morgan fingerprint density at radius 2 is 2.21 bits per heavy atom. The van der Waals surface area contributed by atoms with Crippen LogP contribution >= 0.6 is 11.6 Å². The van der Waals surface area contributed by atoms with Gasteiger partial charge >= 0.3 is 0 Å². The highest BCUT2D eigenvalue weighted by Gasteiger charge is 2.40. The fourth-order valence-electron chi connectivity index (χ4n) is 2.72. The zero-order valence-electron chi connectivity index (χ0n) is 10.7. The summed E-state index contributed by atoms with van der Waals surface area (Å²) in [6.45, 7) is 1.60. The number of rotatable bonds is 4. The summed E-state index contributed by atoms with van der Waals surface area (Å²) in [5, 5.41) is 13.0. The Morgan fingerprint density at radius 3 is 2.89 bits per heavy atom. The van der Waals surface area contributed by atoms with Crippen LogP contribution in [0.1, 0.15) is 30.4 Å². The average Bonchev–Trinajstić information content (AvgIpc) is 3.16. The van der Waals surface area contributed by atoms with E-state index in [2.05, 4.69) is 11.4 Å². The van der Waals surface area contributed by atoms with E-state index in [-0.39, 0.29) is 0 Å². The number of nitrogens with one attached hydrogen (secondary N) is 1. The molecule has 2 unspecified atom stereocenters. The van der Waals surface area contributed by atoms with Gasteiger partial charge in [-0.05, 0) is 42.9 Å². The fraction of sp³-hybridized carbons (Fsp3) is 0.533. The minimum Gasteiger partial charge on any atom is -0.376 e. The van der Waals surface area contributed by atoms with Crippen molar-refractivity contribution in [3.63, 3.8) is 0 Å². The van der Waals surface area contributed by atoms with E-state index in [4.69, 9.17) is 21.6 Å². The second-order valence-electron chi connectivity index (χ2n) is 5.37. The van der Waals surface area contributed by atoms with E-state index in [1.165, 1.54) is 12.8 Å². The first-order chi connectivity index (χ1) is 9.28. The zero-order valence-corrected chi connectivity index (χ0v) is 11.5. The third-order valence-electron chi connectivity index (χ3n) is 3.96. The topological polar surface area (TPSA) is 45.0 Å². The van der Waals surface area contributed by atoms with Crippen molar-refractivity contribution in [2.75, 3.05) is 6.61 Å². The van der Waals surface area contributed by atoms with Crippen molar-refractivity contribution in [1.82, 2.24) is 5.32 Å². The minimum absolute atomic E-state index is 0.386. The van der Waals surface area contributed by atoms with Crippen molar-refractivity contribution in [3.8, 4) is 6.07 Å². The van der Waals surface area contributed by atoms with Crippen molar-refractivity contribution < 1.29 is 4.74 Å². The Labute approximate surface area is 118 Å². The molecule has 4 heteroatoms. The molecule has 3 rings (SSSR count). The molecule has 2 fully saturated rings. The summed E-state index contributed by atoms with van der Waals surface area (Å²) in [7, 11) is 0. The van der Waals surface area contributed by atoms with Gasteiger partial charge in [0.25, 0.3) is 0 Å². The summed E-state index contributed by atoms with van der Waals surface area (Å²) >= 11 is 6.18. The van der Waals surface area contributed by atoms with Crippen LogP contribution in [0.4, 0.5) is 0 Å². The van der Waals surface area contributed by atoms with Gasteiger partial charge in [0.05, 0.1) is 17.7 Å². The molecule has 1 aliphatic heterocycles. The molecule has 1 aromatic carbocycles. The molecule has 0 amide bonds. The Hall–Kier alpha value is -1.08. The van der Waals surface area contributed by atoms with Crippen LogP contribution in [0.15, 0.2) is 18.2 Å². The first-order valence-corrected chi connectivity index (χ1v) is 7.19. The normalized spacial score (nSPS) is 26.3. The van der Waals surface area contributed by atoms with Crippen molar-refractivity contribution in [1.29, 1.82) is 5.26 Å². The quantitative estimate of drug-likeness (QED) is 0.920. The highest BCUT2D eigenvalue weighted by molar-refractivity contribution is 6.31. The molecule has 100 valence electrons. The lowest BCUT2D eigenvalue weighted by molar-refractivity contribution is 0.0809. The fourth-order valence-corrected chi connectivity index (χ4v) is 2.97. The predicted octanol–water partition coefficient (Wildman–Crippen LogP) is 2.87. The third kappa shape index (κ3) is 2.92. The first kappa shape index (κ1) is 12.9. The van der Waals surface area contributed by atoms with E-state index in [9.17, 15) is 0 Å². The number of hydrogen-bond acceptors (Lipinski definition) is 3. The Balaban J connectivity index is 1.61. The lowest BCUT2D eigenvalue weighted by Gasteiger charge is -2.19. The maximum absolute atomic E-state index is 8.82. The third-order valence-corrected chi connectivity index (χ3v) is 4.31. The molecule has 19 heavy (non-hydrogen) atoms. The number of ether oxygens (including phenoxy) is 1. The highest BCUT2D eigenvalue weighted by atomic mass is 35.5. The molecule has 1 heterocycles. The van der Waals surface area contributed by atoms with Crippen LogP contribution in [0.2, 0.25) is 5.02 Å². The van der Waals surface area contributed by atoms with Gasteiger partial charge in [0, 0.05) is 24.2 Å². The maximum Gasteiger partial charge on any atom is 0.0992 e. The molecule has 0 aromatic heterocycles. The van der Waals surface area contributed by atoms with Gasteiger partial charge in [-0.1, -0.05) is 17.7 Å². The van der Waals surface area contributed by atoms with Gasteiger partial charge in [0.15, 0.2) is 0 Å². The number of halogens is 1. The summed E-state index contributed by atoms with van der Waals surface area (Å²) in [5.74, 6) is 0.761. The van der Waals surface area contributed by atoms with Crippen LogP contribution in [-0.2, 0) is 11.3 Å². The number of hydrogen-bond donors (Lipinski definition) is 1. The lowest BCUT2D eigenvalue weighted by atomic mass is 10.1. The molecule has 1 N–H and O–H groups in total. The van der Waals surface area contributed by atoms with E-state index in [0.717, 1.165) is 31.1 Å². The van der Waals surface area contributed by atoms with Crippen molar-refractivity contribution in [2.45, 2.75) is 38.0 Å². The molecular formula is C15H17ClN2O. The molecule has 2 atom stereocenters. The summed E-state index contributed by atoms with van der Waals surface area (Å²) in [4.78, 5) is 0. The Kier molecular flexibility index (Phi) is 3.74. The van der Waals surface area contributed by atoms with Crippen LogP contribution in [0.25, 0.3) is 0 Å². The molecule has 0 radical (unpaired) electrons. The Morgan fingerprint density at radius 1 is 1.37 bits per heavy atom. The molecule has 1 aliphatic carbocycles. The standard InChI is InChI=1S/C15H17ClN2O/c16-13-7-10(8-17)1-2-12(13)9-18-14-5-6-19-15(14)11-3-4-11/h1-2,7,11,14-15,18H,3-6,9H2. The summed E-state index contributed by atoms with van der Waals surface area (Å²) < 4.78 is 5.81. The summed E-state index contributed by atoms with van der Waals surface area (Å²) in [6.07, 6.45) is 4.08. The van der Waals surface area contributed by atoms with Gasteiger partial charge < -0.3 is 10.1 Å². The largest absolute Gasteiger partial charge is 0.376 e. The van der Waals surface area contributed by atoms with E-state index in [1.54, 1.807) is 6.07 Å². The monoisotopic (exact) mass is 276 g/mol. The van der Waals surface area contributed by atoms with Gasteiger partial charge in [-0.15, -0.1) is 0 Å². The number of nitrogens with zero attached hydrogens (tertiary/aromatic N) is 1. The van der Waals surface area contributed by atoms with E-state index < -0.39 is 0 Å². The van der Waals surface area contributed by atoms with E-state index in [0.29, 0.717) is 22.7 Å². The van der Waals surface area contributed by atoms with Crippen molar-refractivity contribution in [2.24, 2.45) is 5.92 Å². The van der Waals surface area contributed by atoms with Crippen molar-refractivity contribution >= 4 is 11.6 Å². The summed E-state index contributed by atoms with van der Waals surface area (Å²) in [5.41, 5.74) is 1.65. The summed E-state index contributed by atoms with van der Waals surface area (Å²) in [6, 6.07) is 8.00. The number of benzene rings is 1.